The Labute approximate surface area is 204 Å². The van der Waals surface area contributed by atoms with Gasteiger partial charge < -0.3 is 19.7 Å². The fourth-order valence-electron chi connectivity index (χ4n) is 4.77. The summed E-state index contributed by atoms with van der Waals surface area (Å²) in [4.78, 5) is 23.7. The maximum Gasteiger partial charge on any atom is 0.272 e. The van der Waals surface area contributed by atoms with E-state index < -0.39 is 0 Å². The van der Waals surface area contributed by atoms with Gasteiger partial charge >= 0.3 is 0 Å². The Hall–Kier alpha value is -3.75. The summed E-state index contributed by atoms with van der Waals surface area (Å²) >= 11 is 0. The van der Waals surface area contributed by atoms with Gasteiger partial charge in [0.1, 0.15) is 11.9 Å². The van der Waals surface area contributed by atoms with Crippen molar-refractivity contribution in [1.82, 2.24) is 25.5 Å². The Morgan fingerprint density at radius 1 is 1.11 bits per heavy atom. The first kappa shape index (κ1) is 23.0. The third-order valence-electron chi connectivity index (χ3n) is 6.68. The Bertz CT molecular complexity index is 1180. The molecule has 5 rings (SSSR count). The van der Waals surface area contributed by atoms with Crippen LogP contribution in [0.4, 0.5) is 5.82 Å². The molecule has 4 heterocycles. The van der Waals surface area contributed by atoms with Crippen molar-refractivity contribution in [1.29, 1.82) is 0 Å². The lowest BCUT2D eigenvalue weighted by Crippen LogP contribution is -2.40. The molecule has 0 aromatic carbocycles. The largest absolute Gasteiger partial charge is 0.489 e. The van der Waals surface area contributed by atoms with E-state index in [9.17, 15) is 4.79 Å². The van der Waals surface area contributed by atoms with Crippen LogP contribution < -0.4 is 19.7 Å². The van der Waals surface area contributed by atoms with Crippen molar-refractivity contribution in [2.75, 3.05) is 25.1 Å². The van der Waals surface area contributed by atoms with E-state index >= 15 is 0 Å². The Balaban J connectivity index is 1.15. The van der Waals surface area contributed by atoms with Crippen LogP contribution in [0.2, 0.25) is 0 Å². The van der Waals surface area contributed by atoms with E-state index in [4.69, 9.17) is 9.47 Å². The van der Waals surface area contributed by atoms with Crippen molar-refractivity contribution >= 4 is 11.7 Å². The average Bonchev–Trinajstić information content (AvgIpc) is 2.89. The summed E-state index contributed by atoms with van der Waals surface area (Å²) < 4.78 is 11.2. The molecule has 1 aliphatic heterocycles. The zero-order valence-corrected chi connectivity index (χ0v) is 20.1. The number of nitrogens with zero attached hydrogens (tertiary/aromatic N) is 5. The molecule has 9 heteroatoms. The molecule has 182 valence electrons. The summed E-state index contributed by atoms with van der Waals surface area (Å²) in [6.07, 6.45) is 7.92. The van der Waals surface area contributed by atoms with Crippen molar-refractivity contribution in [2.24, 2.45) is 0 Å². The minimum absolute atomic E-state index is 0.0617. The lowest BCUT2D eigenvalue weighted by Gasteiger charge is -2.33. The number of ether oxygens (including phenoxy) is 2. The maximum atomic E-state index is 12.8. The quantitative estimate of drug-likeness (QED) is 0.582. The first-order valence-electron chi connectivity index (χ1n) is 12.1. The second kappa shape index (κ2) is 10.2. The molecule has 2 aliphatic rings. The number of anilines is 1. The number of piperidine rings is 1. The van der Waals surface area contributed by atoms with Gasteiger partial charge in [0, 0.05) is 56.4 Å². The molecule has 3 aromatic rings. The minimum atomic E-state index is -0.184. The van der Waals surface area contributed by atoms with Crippen LogP contribution in [-0.2, 0) is 12.8 Å². The molecule has 1 N–H and O–H groups in total. The number of carbonyl (C=O) groups excluding carboxylic acids is 1. The van der Waals surface area contributed by atoms with Crippen LogP contribution in [0, 0.1) is 6.92 Å². The van der Waals surface area contributed by atoms with Gasteiger partial charge in [0.15, 0.2) is 11.5 Å². The number of rotatable bonds is 6. The normalized spacial score (nSPS) is 18.0. The molecular formula is C26H30N6O3. The van der Waals surface area contributed by atoms with E-state index in [0.717, 1.165) is 68.0 Å². The number of aromatic nitrogens is 4. The molecule has 1 amide bonds. The fourth-order valence-corrected chi connectivity index (χ4v) is 4.77. The Morgan fingerprint density at radius 3 is 2.71 bits per heavy atom. The number of nitrogens with one attached hydrogen (secondary N) is 1. The number of hydrogen-bond acceptors (Lipinski definition) is 8. The van der Waals surface area contributed by atoms with Gasteiger partial charge in [-0.3, -0.25) is 9.78 Å². The highest BCUT2D eigenvalue weighted by Gasteiger charge is 2.25. The van der Waals surface area contributed by atoms with Gasteiger partial charge in [0.2, 0.25) is 5.88 Å². The van der Waals surface area contributed by atoms with Crippen LogP contribution in [0.5, 0.6) is 11.6 Å². The highest BCUT2D eigenvalue weighted by molar-refractivity contribution is 5.92. The smallest absolute Gasteiger partial charge is 0.272 e. The van der Waals surface area contributed by atoms with Crippen molar-refractivity contribution in [3.63, 3.8) is 0 Å². The van der Waals surface area contributed by atoms with Crippen molar-refractivity contribution in [3.05, 3.63) is 65.2 Å². The van der Waals surface area contributed by atoms with Gasteiger partial charge in [-0.1, -0.05) is 6.07 Å². The SMILES string of the molecule is COc1ccc(OC2CCN(c3nnc(C(=O)N[C@@H]4CCc5cccnc5C4)cc3C)CC2)cn1. The molecule has 35 heavy (non-hydrogen) atoms. The highest BCUT2D eigenvalue weighted by atomic mass is 16.5. The average molecular weight is 475 g/mol. The third-order valence-corrected chi connectivity index (χ3v) is 6.68. The zero-order valence-electron chi connectivity index (χ0n) is 20.1. The zero-order chi connectivity index (χ0) is 24.2. The van der Waals surface area contributed by atoms with Crippen LogP contribution in [0.3, 0.4) is 0 Å². The topological polar surface area (TPSA) is 102 Å². The van der Waals surface area contributed by atoms with Crippen molar-refractivity contribution in [3.8, 4) is 11.6 Å². The van der Waals surface area contributed by atoms with E-state index in [2.05, 4.69) is 36.4 Å². The summed E-state index contributed by atoms with van der Waals surface area (Å²) in [7, 11) is 1.59. The predicted octanol–water partition coefficient (Wildman–Crippen LogP) is 2.92. The second-order valence-corrected chi connectivity index (χ2v) is 9.10. The molecule has 0 unspecified atom stereocenters. The molecule has 1 aliphatic carbocycles. The number of methoxy groups -OCH3 is 1. The number of amides is 1. The van der Waals surface area contributed by atoms with Gasteiger partial charge in [0.25, 0.3) is 5.91 Å². The lowest BCUT2D eigenvalue weighted by atomic mass is 9.92. The lowest BCUT2D eigenvalue weighted by molar-refractivity contribution is 0.0927. The summed E-state index contributed by atoms with van der Waals surface area (Å²) in [6.45, 7) is 3.60. The van der Waals surface area contributed by atoms with Gasteiger partial charge in [0.05, 0.1) is 13.3 Å². The van der Waals surface area contributed by atoms with E-state index in [1.165, 1.54) is 5.56 Å². The molecule has 1 atom stereocenters. The summed E-state index contributed by atoms with van der Waals surface area (Å²) in [5.41, 5.74) is 3.63. The van der Waals surface area contributed by atoms with Crippen molar-refractivity contribution in [2.45, 2.75) is 51.2 Å². The molecular weight excluding hydrogens is 444 g/mol. The predicted molar refractivity (Wildman–Crippen MR) is 131 cm³/mol. The van der Waals surface area contributed by atoms with E-state index in [-0.39, 0.29) is 18.1 Å². The maximum absolute atomic E-state index is 12.8. The van der Waals surface area contributed by atoms with E-state index in [1.54, 1.807) is 19.4 Å². The van der Waals surface area contributed by atoms with Gasteiger partial charge in [-0.25, -0.2) is 4.98 Å². The number of pyridine rings is 2. The van der Waals surface area contributed by atoms with E-state index in [0.29, 0.717) is 11.6 Å². The standard InChI is InChI=1S/C26H30N6O3/c1-17-14-23(26(33)29-19-6-5-18-4-3-11-27-22(18)15-19)30-31-25(17)32-12-9-20(10-13-32)35-21-7-8-24(34-2)28-16-21/h3-4,7-8,11,14,16,19-20H,5-6,9-10,12-13,15H2,1-2H3,(H,29,33)/t19-/m1/s1. The van der Waals surface area contributed by atoms with Gasteiger partial charge in [-0.05, 0) is 49.1 Å². The van der Waals surface area contributed by atoms with Crippen LogP contribution in [0.15, 0.2) is 42.7 Å². The summed E-state index contributed by atoms with van der Waals surface area (Å²) in [5.74, 6) is 1.95. The Kier molecular flexibility index (Phi) is 6.74. The van der Waals surface area contributed by atoms with E-state index in [1.807, 2.05) is 31.3 Å². The summed E-state index contributed by atoms with van der Waals surface area (Å²) in [5, 5.41) is 11.8. The first-order chi connectivity index (χ1) is 17.1. The summed E-state index contributed by atoms with van der Waals surface area (Å²) in [6, 6.07) is 9.64. The third kappa shape index (κ3) is 5.34. The molecule has 0 saturated carbocycles. The number of hydrogen-bond donors (Lipinski definition) is 1. The highest BCUT2D eigenvalue weighted by Crippen LogP contribution is 2.25. The monoisotopic (exact) mass is 474 g/mol. The number of aryl methyl sites for hydroxylation is 2. The minimum Gasteiger partial charge on any atom is -0.489 e. The second-order valence-electron chi connectivity index (χ2n) is 9.10. The first-order valence-corrected chi connectivity index (χ1v) is 12.1. The molecule has 0 bridgehead atoms. The molecule has 0 spiro atoms. The molecule has 1 saturated heterocycles. The molecule has 1 fully saturated rings. The van der Waals surface area contributed by atoms with Crippen LogP contribution in [0.25, 0.3) is 0 Å². The Morgan fingerprint density at radius 2 is 1.97 bits per heavy atom. The van der Waals surface area contributed by atoms with Crippen LogP contribution >= 0.6 is 0 Å². The number of fused-ring (bicyclic) bond motifs is 1. The number of carbonyl (C=O) groups is 1. The fraction of sp³-hybridized carbons (Fsp3) is 0.423. The van der Waals surface area contributed by atoms with Crippen molar-refractivity contribution < 1.29 is 14.3 Å². The molecule has 0 radical (unpaired) electrons. The van der Waals surface area contributed by atoms with Gasteiger partial charge in [-0.2, -0.15) is 0 Å². The van der Waals surface area contributed by atoms with Gasteiger partial charge in [-0.15, -0.1) is 10.2 Å². The van der Waals surface area contributed by atoms with Crippen LogP contribution in [-0.4, -0.2) is 58.4 Å². The molecule has 3 aromatic heterocycles. The molecule has 9 nitrogen and oxygen atoms in total. The van der Waals surface area contributed by atoms with Crippen LogP contribution in [0.1, 0.15) is 46.6 Å².